The van der Waals surface area contributed by atoms with Gasteiger partial charge in [-0.15, -0.1) is 0 Å². The number of hydrogen-bond donors (Lipinski definition) is 1. The van der Waals surface area contributed by atoms with Gasteiger partial charge in [-0.1, -0.05) is 95.5 Å². The first-order chi connectivity index (χ1) is 15.7. The molecule has 1 saturated heterocycles. The molecule has 0 radical (unpaired) electrons. The number of ether oxygens (including phenoxy) is 5. The van der Waals surface area contributed by atoms with Gasteiger partial charge in [0.15, 0.2) is 6.10 Å². The van der Waals surface area contributed by atoms with Crippen molar-refractivity contribution in [2.75, 3.05) is 6.61 Å². The summed E-state index contributed by atoms with van der Waals surface area (Å²) in [5.74, 6) is -1.25. The second-order valence-corrected chi connectivity index (χ2v) is 9.60. The molecular weight excluding hydrogens is 493 g/mol. The molecule has 0 bridgehead atoms. The number of esters is 1. The molecule has 1 unspecified atom stereocenters. The maximum Gasteiger partial charge on any atom is 0.303 e. The number of nitrogens with one attached hydrogen (secondary N) is 1. The Kier molecular flexibility index (Phi) is 9.37. The van der Waals surface area contributed by atoms with Crippen molar-refractivity contribution in [2.45, 2.75) is 48.5 Å². The van der Waals surface area contributed by atoms with E-state index in [1.54, 1.807) is 0 Å². The molecule has 1 fully saturated rings. The van der Waals surface area contributed by atoms with Crippen LogP contribution >= 0.6 is 34.8 Å². The van der Waals surface area contributed by atoms with E-state index >= 15 is 0 Å². The number of benzene rings is 2. The molecule has 1 aliphatic heterocycles. The Hall–Kier alpha value is -1.87. The first kappa shape index (κ1) is 25.7. The van der Waals surface area contributed by atoms with E-state index in [0.717, 1.165) is 11.1 Å². The molecule has 1 N–H and O–H groups in total. The zero-order valence-electron chi connectivity index (χ0n) is 17.8. The highest BCUT2D eigenvalue weighted by molar-refractivity contribution is 6.76. The van der Waals surface area contributed by atoms with Crippen LogP contribution in [0, 0.1) is 5.41 Å². The second kappa shape index (κ2) is 12.0. The van der Waals surface area contributed by atoms with Gasteiger partial charge in [0.2, 0.25) is 12.2 Å². The van der Waals surface area contributed by atoms with Crippen LogP contribution in [0.5, 0.6) is 0 Å². The molecule has 0 spiro atoms. The lowest BCUT2D eigenvalue weighted by molar-refractivity contribution is -0.274. The Labute approximate surface area is 207 Å². The van der Waals surface area contributed by atoms with Crippen molar-refractivity contribution in [3.05, 3.63) is 71.8 Å². The Bertz CT molecular complexity index is 909. The van der Waals surface area contributed by atoms with E-state index in [1.165, 1.54) is 6.92 Å². The molecule has 0 aromatic heterocycles. The van der Waals surface area contributed by atoms with E-state index in [-0.39, 0.29) is 13.2 Å². The van der Waals surface area contributed by atoms with Crippen molar-refractivity contribution in [3.63, 3.8) is 0 Å². The molecule has 3 rings (SSSR count). The fourth-order valence-corrected chi connectivity index (χ4v) is 3.37. The van der Waals surface area contributed by atoms with Gasteiger partial charge >= 0.3 is 5.97 Å². The summed E-state index contributed by atoms with van der Waals surface area (Å²) in [6.07, 6.45) is -3.68. The summed E-state index contributed by atoms with van der Waals surface area (Å²) >= 11 is 17.2. The monoisotopic (exact) mass is 515 g/mol. The summed E-state index contributed by atoms with van der Waals surface area (Å²) in [6.45, 7) is 1.81. The third-order valence-corrected chi connectivity index (χ3v) is 5.28. The molecule has 2 aromatic carbocycles. The lowest BCUT2D eigenvalue weighted by Crippen LogP contribution is -2.58. The van der Waals surface area contributed by atoms with Crippen LogP contribution in [0.4, 0.5) is 0 Å². The Balaban J connectivity index is 1.80. The average Bonchev–Trinajstić information content (AvgIpc) is 2.78. The number of hydrogen-bond acceptors (Lipinski definition) is 7. The van der Waals surface area contributed by atoms with Gasteiger partial charge < -0.3 is 23.7 Å². The number of alkyl halides is 3. The summed E-state index contributed by atoms with van der Waals surface area (Å²) in [6, 6.07) is 19.1. The fourth-order valence-electron chi connectivity index (χ4n) is 3.23. The molecule has 10 heteroatoms. The quantitative estimate of drug-likeness (QED) is 0.234. The minimum absolute atomic E-state index is 0.0435. The minimum Gasteiger partial charge on any atom is -0.453 e. The minimum atomic E-state index is -2.11. The highest BCUT2D eigenvalue weighted by atomic mass is 35.6. The summed E-state index contributed by atoms with van der Waals surface area (Å²) in [5.41, 5.74) is 1.87. The van der Waals surface area contributed by atoms with Crippen LogP contribution in [-0.4, -0.2) is 46.9 Å². The average molecular weight is 517 g/mol. The number of carbonyl (C=O) groups is 1. The molecule has 4 atom stereocenters. The van der Waals surface area contributed by atoms with Crippen LogP contribution in [0.2, 0.25) is 0 Å². The molecule has 33 heavy (non-hydrogen) atoms. The van der Waals surface area contributed by atoms with Crippen LogP contribution in [0.3, 0.4) is 0 Å². The van der Waals surface area contributed by atoms with Crippen molar-refractivity contribution in [1.29, 1.82) is 5.41 Å². The SMILES string of the molecule is CC(=O)O[C@H]1C(OC(=N)C(Cl)(Cl)Cl)OC[C@H](OCc2ccccc2)[C@H]1OCc1ccccc1. The van der Waals surface area contributed by atoms with E-state index in [9.17, 15) is 4.79 Å². The molecule has 0 amide bonds. The van der Waals surface area contributed by atoms with Gasteiger partial charge in [0, 0.05) is 6.92 Å². The molecule has 1 aliphatic rings. The van der Waals surface area contributed by atoms with Crippen molar-refractivity contribution >= 4 is 46.7 Å². The van der Waals surface area contributed by atoms with Crippen LogP contribution in [0.1, 0.15) is 18.1 Å². The van der Waals surface area contributed by atoms with Crippen LogP contribution < -0.4 is 0 Å². The van der Waals surface area contributed by atoms with Gasteiger partial charge in [-0.25, -0.2) is 0 Å². The first-order valence-corrected chi connectivity index (χ1v) is 11.3. The lowest BCUT2D eigenvalue weighted by Gasteiger charge is -2.41. The first-order valence-electron chi connectivity index (χ1n) is 10.2. The Morgan fingerprint density at radius 2 is 1.48 bits per heavy atom. The smallest absolute Gasteiger partial charge is 0.303 e. The standard InChI is InChI=1S/C23H24Cl3NO6/c1-15(28)32-20-19(30-13-17-10-6-3-7-11-17)18(29-12-16-8-4-2-5-9-16)14-31-21(20)33-22(27)23(24,25)26/h2-11,18-21,27H,12-14H2,1H3/t18-,19+,20+,21?/m0/s1. The van der Waals surface area contributed by atoms with Gasteiger partial charge in [-0.3, -0.25) is 10.2 Å². The predicted octanol–water partition coefficient (Wildman–Crippen LogP) is 4.81. The van der Waals surface area contributed by atoms with Crippen LogP contribution in [0.25, 0.3) is 0 Å². The third-order valence-electron chi connectivity index (χ3n) is 4.77. The topological polar surface area (TPSA) is 87.1 Å². The maximum atomic E-state index is 11.9. The number of rotatable bonds is 8. The zero-order valence-corrected chi connectivity index (χ0v) is 20.1. The maximum absolute atomic E-state index is 11.9. The Morgan fingerprint density at radius 1 is 0.939 bits per heavy atom. The zero-order chi connectivity index (χ0) is 23.8. The largest absolute Gasteiger partial charge is 0.453 e. The van der Waals surface area contributed by atoms with E-state index in [2.05, 4.69) is 0 Å². The Morgan fingerprint density at radius 3 is 2.00 bits per heavy atom. The molecule has 0 aliphatic carbocycles. The van der Waals surface area contributed by atoms with Crippen LogP contribution in [-0.2, 0) is 41.7 Å². The van der Waals surface area contributed by atoms with E-state index in [0.29, 0.717) is 6.61 Å². The van der Waals surface area contributed by atoms with E-state index < -0.39 is 40.3 Å². The van der Waals surface area contributed by atoms with Crippen molar-refractivity contribution in [3.8, 4) is 0 Å². The lowest BCUT2D eigenvalue weighted by atomic mass is 10.0. The van der Waals surface area contributed by atoms with Gasteiger partial charge in [-0.2, -0.15) is 0 Å². The number of carbonyl (C=O) groups excluding carboxylic acids is 1. The summed E-state index contributed by atoms with van der Waals surface area (Å²) in [4.78, 5) is 11.9. The fraction of sp³-hybridized carbons (Fsp3) is 0.391. The normalized spacial score (nSPS) is 23.0. The van der Waals surface area contributed by atoms with Gasteiger partial charge in [-0.05, 0) is 11.1 Å². The van der Waals surface area contributed by atoms with Crippen molar-refractivity contribution < 1.29 is 28.5 Å². The molecule has 7 nitrogen and oxygen atoms in total. The third kappa shape index (κ3) is 7.84. The molecular formula is C23H24Cl3NO6. The van der Waals surface area contributed by atoms with Gasteiger partial charge in [0.1, 0.15) is 12.2 Å². The van der Waals surface area contributed by atoms with Crippen molar-refractivity contribution in [1.82, 2.24) is 0 Å². The van der Waals surface area contributed by atoms with Gasteiger partial charge in [0.25, 0.3) is 3.79 Å². The summed E-state index contributed by atoms with van der Waals surface area (Å²) in [7, 11) is 0. The molecule has 0 saturated carbocycles. The van der Waals surface area contributed by atoms with Gasteiger partial charge in [0.05, 0.1) is 19.8 Å². The number of halogens is 3. The second-order valence-electron chi connectivity index (χ2n) is 7.32. The highest BCUT2D eigenvalue weighted by Gasteiger charge is 2.47. The molecule has 1 heterocycles. The van der Waals surface area contributed by atoms with E-state index in [4.69, 9.17) is 63.9 Å². The summed E-state index contributed by atoms with van der Waals surface area (Å²) in [5, 5.41) is 7.88. The highest BCUT2D eigenvalue weighted by Crippen LogP contribution is 2.32. The molecule has 2 aromatic rings. The van der Waals surface area contributed by atoms with Crippen molar-refractivity contribution in [2.24, 2.45) is 0 Å². The summed E-state index contributed by atoms with van der Waals surface area (Å²) < 4.78 is 26.7. The van der Waals surface area contributed by atoms with Crippen LogP contribution in [0.15, 0.2) is 60.7 Å². The van der Waals surface area contributed by atoms with E-state index in [1.807, 2.05) is 60.7 Å². The molecule has 178 valence electrons. The predicted molar refractivity (Wildman–Crippen MR) is 124 cm³/mol.